The molecule has 0 saturated heterocycles. The second kappa shape index (κ2) is 6.72. The average Bonchev–Trinajstić information content (AvgIpc) is 2.28. The number of nitrogens with zero attached hydrogens (tertiary/aromatic N) is 1. The molecule has 100 valence electrons. The first kappa shape index (κ1) is 14.1. The molecular formula is C16H24BrN. The van der Waals surface area contributed by atoms with Crippen LogP contribution in [0.5, 0.6) is 0 Å². The second-order valence-corrected chi connectivity index (χ2v) is 6.26. The van der Waals surface area contributed by atoms with E-state index >= 15 is 0 Å². The van der Waals surface area contributed by atoms with E-state index in [0.29, 0.717) is 0 Å². The van der Waals surface area contributed by atoms with Crippen molar-refractivity contribution in [2.75, 3.05) is 11.9 Å². The molecule has 0 heterocycles. The molecule has 1 fully saturated rings. The number of benzene rings is 1. The summed E-state index contributed by atoms with van der Waals surface area (Å²) in [6, 6.07) is 7.49. The summed E-state index contributed by atoms with van der Waals surface area (Å²) >= 11 is 3.55. The quantitative estimate of drug-likeness (QED) is 0.702. The van der Waals surface area contributed by atoms with Gasteiger partial charge in [0.05, 0.1) is 0 Å². The molecule has 0 unspecified atom stereocenters. The van der Waals surface area contributed by atoms with Crippen molar-refractivity contribution in [3.63, 3.8) is 0 Å². The van der Waals surface area contributed by atoms with Crippen molar-refractivity contribution in [2.24, 2.45) is 0 Å². The van der Waals surface area contributed by atoms with Gasteiger partial charge in [0.15, 0.2) is 0 Å². The smallest absolute Gasteiger partial charge is 0.0241 e. The third-order valence-electron chi connectivity index (χ3n) is 4.18. The van der Waals surface area contributed by atoms with Crippen molar-refractivity contribution >= 4 is 15.9 Å². The molecule has 0 radical (unpaired) electrons. The van der Waals surface area contributed by atoms with Crippen LogP contribution in [-0.2, 0) is 6.54 Å². The summed E-state index contributed by atoms with van der Waals surface area (Å²) in [6.07, 6.45) is 5.46. The summed E-state index contributed by atoms with van der Waals surface area (Å²) in [5.74, 6) is 0. The molecule has 1 nitrogen and oxygen atoms in total. The van der Waals surface area contributed by atoms with Crippen LogP contribution in [-0.4, -0.2) is 22.8 Å². The van der Waals surface area contributed by atoms with Gasteiger partial charge in [-0.05, 0) is 56.3 Å². The molecule has 2 rings (SSSR count). The minimum absolute atomic E-state index is 0.836. The Kier molecular flexibility index (Phi) is 5.25. The summed E-state index contributed by atoms with van der Waals surface area (Å²) in [5, 5.41) is 1.11. The first-order valence-corrected chi connectivity index (χ1v) is 8.19. The Bertz CT molecular complexity index is 364. The SMILES string of the molecule is Cc1cccc(C)c1CN(CCCBr)C1CCC1. The van der Waals surface area contributed by atoms with E-state index in [1.807, 2.05) is 0 Å². The van der Waals surface area contributed by atoms with Crippen LogP contribution in [0.3, 0.4) is 0 Å². The highest BCUT2D eigenvalue weighted by molar-refractivity contribution is 9.09. The van der Waals surface area contributed by atoms with Crippen molar-refractivity contribution in [2.45, 2.75) is 52.1 Å². The summed E-state index contributed by atoms with van der Waals surface area (Å²) in [5.41, 5.74) is 4.43. The van der Waals surface area contributed by atoms with Crippen LogP contribution in [0.25, 0.3) is 0 Å². The van der Waals surface area contributed by atoms with Crippen LogP contribution >= 0.6 is 15.9 Å². The molecule has 1 aromatic rings. The van der Waals surface area contributed by atoms with Crippen molar-refractivity contribution < 1.29 is 0 Å². The van der Waals surface area contributed by atoms with Gasteiger partial charge in [-0.25, -0.2) is 0 Å². The zero-order valence-electron chi connectivity index (χ0n) is 11.6. The lowest BCUT2D eigenvalue weighted by molar-refractivity contribution is 0.119. The fraction of sp³-hybridized carbons (Fsp3) is 0.625. The molecule has 1 saturated carbocycles. The highest BCUT2D eigenvalue weighted by Gasteiger charge is 2.25. The maximum atomic E-state index is 3.55. The Morgan fingerprint density at radius 3 is 2.39 bits per heavy atom. The van der Waals surface area contributed by atoms with Crippen molar-refractivity contribution in [3.05, 3.63) is 34.9 Å². The van der Waals surface area contributed by atoms with Crippen LogP contribution in [0, 0.1) is 13.8 Å². The van der Waals surface area contributed by atoms with Gasteiger partial charge in [0.2, 0.25) is 0 Å². The van der Waals surface area contributed by atoms with Gasteiger partial charge in [0.1, 0.15) is 0 Å². The number of alkyl halides is 1. The van der Waals surface area contributed by atoms with Crippen LogP contribution in [0.2, 0.25) is 0 Å². The predicted octanol–water partition coefficient (Wildman–Crippen LogP) is 4.44. The molecule has 2 heteroatoms. The van der Waals surface area contributed by atoms with E-state index in [0.717, 1.165) is 17.9 Å². The summed E-state index contributed by atoms with van der Waals surface area (Å²) in [6.45, 7) is 6.84. The molecule has 0 aromatic heterocycles. The fourth-order valence-corrected chi connectivity index (χ4v) is 2.96. The molecule has 18 heavy (non-hydrogen) atoms. The predicted molar refractivity (Wildman–Crippen MR) is 82.4 cm³/mol. The maximum absolute atomic E-state index is 3.55. The lowest BCUT2D eigenvalue weighted by Crippen LogP contribution is -2.40. The first-order valence-electron chi connectivity index (χ1n) is 7.07. The van der Waals surface area contributed by atoms with Crippen LogP contribution in [0.4, 0.5) is 0 Å². The standard InChI is InChI=1S/C16H24BrN/c1-13-6-3-7-14(2)16(13)12-18(11-5-10-17)15-8-4-9-15/h3,6-7,15H,4-5,8-12H2,1-2H3. The minimum Gasteiger partial charge on any atom is -0.296 e. The molecule has 0 aliphatic heterocycles. The Morgan fingerprint density at radius 2 is 1.89 bits per heavy atom. The lowest BCUT2D eigenvalue weighted by Gasteiger charge is -2.38. The zero-order valence-corrected chi connectivity index (χ0v) is 13.2. The van der Waals surface area contributed by atoms with E-state index < -0.39 is 0 Å². The third-order valence-corrected chi connectivity index (χ3v) is 4.74. The highest BCUT2D eigenvalue weighted by atomic mass is 79.9. The molecule has 0 N–H and O–H groups in total. The van der Waals surface area contributed by atoms with Crippen LogP contribution < -0.4 is 0 Å². The maximum Gasteiger partial charge on any atom is 0.0241 e. The topological polar surface area (TPSA) is 3.24 Å². The van der Waals surface area contributed by atoms with E-state index in [9.17, 15) is 0 Å². The van der Waals surface area contributed by atoms with Crippen molar-refractivity contribution in [1.82, 2.24) is 4.90 Å². The fourth-order valence-electron chi connectivity index (χ4n) is 2.71. The van der Waals surface area contributed by atoms with E-state index in [4.69, 9.17) is 0 Å². The van der Waals surface area contributed by atoms with Gasteiger partial charge in [-0.2, -0.15) is 0 Å². The van der Waals surface area contributed by atoms with Gasteiger partial charge in [-0.15, -0.1) is 0 Å². The van der Waals surface area contributed by atoms with Crippen LogP contribution in [0.15, 0.2) is 18.2 Å². The van der Waals surface area contributed by atoms with Crippen molar-refractivity contribution in [1.29, 1.82) is 0 Å². The lowest BCUT2D eigenvalue weighted by atomic mass is 9.90. The molecular weight excluding hydrogens is 286 g/mol. The number of rotatable bonds is 6. The van der Waals surface area contributed by atoms with Crippen LogP contribution in [0.1, 0.15) is 42.4 Å². The van der Waals surface area contributed by atoms with Gasteiger partial charge in [-0.3, -0.25) is 4.90 Å². The number of aryl methyl sites for hydroxylation is 2. The Balaban J connectivity index is 2.07. The van der Waals surface area contributed by atoms with E-state index in [2.05, 4.69) is 52.9 Å². The molecule has 0 bridgehead atoms. The van der Waals surface area contributed by atoms with Gasteiger partial charge >= 0.3 is 0 Å². The molecule has 0 amide bonds. The van der Waals surface area contributed by atoms with Crippen molar-refractivity contribution in [3.8, 4) is 0 Å². The van der Waals surface area contributed by atoms with E-state index in [-0.39, 0.29) is 0 Å². The van der Waals surface area contributed by atoms with Gasteiger partial charge < -0.3 is 0 Å². The summed E-state index contributed by atoms with van der Waals surface area (Å²) in [7, 11) is 0. The zero-order chi connectivity index (χ0) is 13.0. The van der Waals surface area contributed by atoms with Gasteiger partial charge in [0.25, 0.3) is 0 Å². The average molecular weight is 310 g/mol. The molecule has 1 aromatic carbocycles. The number of halogens is 1. The Labute approximate surface area is 120 Å². The largest absolute Gasteiger partial charge is 0.296 e. The molecule has 0 spiro atoms. The van der Waals surface area contributed by atoms with Gasteiger partial charge in [0, 0.05) is 17.9 Å². The molecule has 1 aliphatic rings. The van der Waals surface area contributed by atoms with Gasteiger partial charge in [-0.1, -0.05) is 40.5 Å². The second-order valence-electron chi connectivity index (χ2n) is 5.47. The normalized spacial score (nSPS) is 16.0. The highest BCUT2D eigenvalue weighted by Crippen LogP contribution is 2.27. The molecule has 0 atom stereocenters. The monoisotopic (exact) mass is 309 g/mol. The number of hydrogen-bond donors (Lipinski definition) is 0. The summed E-state index contributed by atoms with van der Waals surface area (Å²) in [4.78, 5) is 2.69. The third kappa shape index (κ3) is 3.36. The van der Waals surface area contributed by atoms with E-state index in [1.54, 1.807) is 5.56 Å². The first-order chi connectivity index (χ1) is 8.72. The minimum atomic E-state index is 0.836. The Hall–Kier alpha value is -0.340. The molecule has 1 aliphatic carbocycles. The summed E-state index contributed by atoms with van der Waals surface area (Å²) < 4.78 is 0. The Morgan fingerprint density at radius 1 is 1.22 bits per heavy atom. The van der Waals surface area contributed by atoms with E-state index in [1.165, 1.54) is 43.4 Å². The number of hydrogen-bond acceptors (Lipinski definition) is 1.